The summed E-state index contributed by atoms with van der Waals surface area (Å²) in [5.74, 6) is -0.429. The molecule has 5 heteroatoms. The van der Waals surface area contributed by atoms with Gasteiger partial charge in [0.05, 0.1) is 24.2 Å². The summed E-state index contributed by atoms with van der Waals surface area (Å²) < 4.78 is 0. The highest BCUT2D eigenvalue weighted by Crippen LogP contribution is 2.48. The number of nitrogens with zero attached hydrogens (tertiary/aromatic N) is 1. The van der Waals surface area contributed by atoms with Crippen LogP contribution in [0.25, 0.3) is 0 Å². The van der Waals surface area contributed by atoms with E-state index in [2.05, 4.69) is 0 Å². The summed E-state index contributed by atoms with van der Waals surface area (Å²) in [6.07, 6.45) is 4.07. The minimum Gasteiger partial charge on any atom is -0.394 e. The highest BCUT2D eigenvalue weighted by molar-refractivity contribution is 6.06. The van der Waals surface area contributed by atoms with E-state index in [4.69, 9.17) is 0 Å². The summed E-state index contributed by atoms with van der Waals surface area (Å²) in [4.78, 5) is 25.8. The fourth-order valence-electron chi connectivity index (χ4n) is 3.29. The third kappa shape index (κ3) is 1.68. The number of likely N-dealkylation sites (tertiary alicyclic amines) is 1. The normalized spacial score (nSPS) is 23.4. The molecule has 1 heterocycles. The number of carbonyl (C=O) groups is 2. The van der Waals surface area contributed by atoms with Gasteiger partial charge in [0.1, 0.15) is 0 Å². The molecule has 0 atom stereocenters. The number of amides is 2. The van der Waals surface area contributed by atoms with E-state index in [1.165, 1.54) is 0 Å². The molecule has 2 aliphatic rings. The average molecular weight is 255 g/mol. The second kappa shape index (κ2) is 4.63. The van der Waals surface area contributed by atoms with Crippen LogP contribution in [-0.4, -0.2) is 45.7 Å². The van der Waals surface area contributed by atoms with Crippen LogP contribution in [0.15, 0.2) is 0 Å². The van der Waals surface area contributed by atoms with Gasteiger partial charge in [-0.3, -0.25) is 14.5 Å². The Bertz CT molecular complexity index is 348. The van der Waals surface area contributed by atoms with Gasteiger partial charge in [-0.05, 0) is 19.3 Å². The van der Waals surface area contributed by atoms with Crippen molar-refractivity contribution in [1.82, 2.24) is 4.90 Å². The number of hydrogen-bond acceptors (Lipinski definition) is 4. The molecule has 1 saturated heterocycles. The van der Waals surface area contributed by atoms with Gasteiger partial charge in [-0.1, -0.05) is 19.8 Å². The first-order valence-electron chi connectivity index (χ1n) is 6.64. The van der Waals surface area contributed by atoms with Gasteiger partial charge < -0.3 is 10.2 Å². The Labute approximate surface area is 107 Å². The Morgan fingerprint density at radius 3 is 2.22 bits per heavy atom. The second-order valence-electron chi connectivity index (χ2n) is 5.59. The van der Waals surface area contributed by atoms with Crippen LogP contribution in [-0.2, 0) is 9.59 Å². The molecule has 18 heavy (non-hydrogen) atoms. The molecular weight excluding hydrogens is 234 g/mol. The Morgan fingerprint density at radius 1 is 1.22 bits per heavy atom. The van der Waals surface area contributed by atoms with E-state index >= 15 is 0 Å². The van der Waals surface area contributed by atoms with Crippen molar-refractivity contribution in [2.75, 3.05) is 13.2 Å². The minimum atomic E-state index is -1.12. The van der Waals surface area contributed by atoms with Gasteiger partial charge >= 0.3 is 0 Å². The lowest BCUT2D eigenvalue weighted by Gasteiger charge is -2.37. The first kappa shape index (κ1) is 13.5. The van der Waals surface area contributed by atoms with Gasteiger partial charge in [0.25, 0.3) is 0 Å². The number of hydrogen-bond donors (Lipinski definition) is 2. The predicted octanol–water partition coefficient (Wildman–Crippen LogP) is 0.439. The SMILES string of the molecule is CCC(CO)(CO)N1C(=O)CC2(CCCC2)C1=O. The first-order chi connectivity index (χ1) is 8.55. The van der Waals surface area contributed by atoms with Crippen molar-refractivity contribution < 1.29 is 19.8 Å². The molecule has 2 N–H and O–H groups in total. The van der Waals surface area contributed by atoms with Crippen molar-refractivity contribution in [3.05, 3.63) is 0 Å². The summed E-state index contributed by atoms with van der Waals surface area (Å²) in [7, 11) is 0. The summed E-state index contributed by atoms with van der Waals surface area (Å²) in [5, 5.41) is 19.0. The maximum atomic E-state index is 12.5. The van der Waals surface area contributed by atoms with E-state index in [0.29, 0.717) is 6.42 Å². The highest BCUT2D eigenvalue weighted by Gasteiger charge is 2.57. The van der Waals surface area contributed by atoms with Crippen molar-refractivity contribution in [2.24, 2.45) is 5.41 Å². The molecule has 0 aromatic carbocycles. The molecule has 0 unspecified atom stereocenters. The van der Waals surface area contributed by atoms with Crippen LogP contribution < -0.4 is 0 Å². The van der Waals surface area contributed by atoms with E-state index in [1.807, 2.05) is 0 Å². The molecule has 2 amide bonds. The van der Waals surface area contributed by atoms with Crippen LogP contribution in [0.4, 0.5) is 0 Å². The molecule has 2 fully saturated rings. The third-order valence-corrected chi connectivity index (χ3v) is 4.68. The monoisotopic (exact) mass is 255 g/mol. The molecule has 0 aromatic rings. The molecule has 0 bridgehead atoms. The molecule has 102 valence electrons. The summed E-state index contributed by atoms with van der Waals surface area (Å²) in [6.45, 7) is 1.01. The van der Waals surface area contributed by atoms with Gasteiger partial charge in [0, 0.05) is 6.42 Å². The zero-order valence-corrected chi connectivity index (χ0v) is 10.8. The smallest absolute Gasteiger partial charge is 0.236 e. The van der Waals surface area contributed by atoms with E-state index in [0.717, 1.165) is 30.6 Å². The van der Waals surface area contributed by atoms with Crippen LogP contribution in [0.2, 0.25) is 0 Å². The fraction of sp³-hybridized carbons (Fsp3) is 0.846. The average Bonchev–Trinajstić information content (AvgIpc) is 2.93. The maximum Gasteiger partial charge on any atom is 0.236 e. The van der Waals surface area contributed by atoms with Crippen molar-refractivity contribution >= 4 is 11.8 Å². The molecule has 1 aliphatic carbocycles. The van der Waals surface area contributed by atoms with Crippen molar-refractivity contribution in [3.8, 4) is 0 Å². The molecule has 0 radical (unpaired) electrons. The minimum absolute atomic E-state index is 0.185. The van der Waals surface area contributed by atoms with E-state index in [-0.39, 0.29) is 31.4 Å². The Balaban J connectivity index is 2.34. The first-order valence-corrected chi connectivity index (χ1v) is 6.64. The topological polar surface area (TPSA) is 77.8 Å². The molecule has 1 aliphatic heterocycles. The standard InChI is InChI=1S/C13H21NO4/c1-2-13(8-15,9-16)14-10(17)7-12(11(14)18)5-3-4-6-12/h15-16H,2-9H2,1H3. The van der Waals surface area contributed by atoms with Gasteiger partial charge in [-0.2, -0.15) is 0 Å². The molecule has 0 aromatic heterocycles. The Hall–Kier alpha value is -0.940. The lowest BCUT2D eigenvalue weighted by Crippen LogP contribution is -2.57. The third-order valence-electron chi connectivity index (χ3n) is 4.68. The van der Waals surface area contributed by atoms with Crippen LogP contribution in [0.5, 0.6) is 0 Å². The number of imide groups is 1. The summed E-state index contributed by atoms with van der Waals surface area (Å²) in [6, 6.07) is 0. The quantitative estimate of drug-likeness (QED) is 0.714. The van der Waals surface area contributed by atoms with Crippen molar-refractivity contribution in [1.29, 1.82) is 0 Å². The van der Waals surface area contributed by atoms with E-state index in [9.17, 15) is 19.8 Å². The van der Waals surface area contributed by atoms with Crippen LogP contribution in [0, 0.1) is 5.41 Å². The van der Waals surface area contributed by atoms with Crippen molar-refractivity contribution in [3.63, 3.8) is 0 Å². The number of rotatable bonds is 4. The van der Waals surface area contributed by atoms with Gasteiger partial charge in [-0.15, -0.1) is 0 Å². The lowest BCUT2D eigenvalue weighted by atomic mass is 9.84. The van der Waals surface area contributed by atoms with Crippen LogP contribution in [0.3, 0.4) is 0 Å². The molecule has 1 saturated carbocycles. The number of carbonyl (C=O) groups excluding carboxylic acids is 2. The van der Waals surface area contributed by atoms with E-state index in [1.54, 1.807) is 6.92 Å². The molecular formula is C13H21NO4. The predicted molar refractivity (Wildman–Crippen MR) is 64.6 cm³/mol. The molecule has 2 rings (SSSR count). The van der Waals surface area contributed by atoms with Gasteiger partial charge in [-0.25, -0.2) is 0 Å². The summed E-state index contributed by atoms with van der Waals surface area (Å²) >= 11 is 0. The lowest BCUT2D eigenvalue weighted by molar-refractivity contribution is -0.153. The van der Waals surface area contributed by atoms with E-state index < -0.39 is 11.0 Å². The Morgan fingerprint density at radius 2 is 1.78 bits per heavy atom. The molecule has 5 nitrogen and oxygen atoms in total. The number of aliphatic hydroxyl groups excluding tert-OH is 2. The summed E-state index contributed by atoms with van der Waals surface area (Å²) in [5.41, 5.74) is -1.66. The zero-order valence-electron chi connectivity index (χ0n) is 10.8. The number of aliphatic hydroxyl groups is 2. The molecule has 1 spiro atoms. The van der Waals surface area contributed by atoms with Gasteiger partial charge in [0.15, 0.2) is 0 Å². The highest BCUT2D eigenvalue weighted by atomic mass is 16.3. The van der Waals surface area contributed by atoms with Crippen LogP contribution >= 0.6 is 0 Å². The Kier molecular flexibility index (Phi) is 3.47. The zero-order chi connectivity index (χ0) is 13.4. The fourth-order valence-corrected chi connectivity index (χ4v) is 3.29. The van der Waals surface area contributed by atoms with Gasteiger partial charge in [0.2, 0.25) is 11.8 Å². The second-order valence-corrected chi connectivity index (χ2v) is 5.59. The maximum absolute atomic E-state index is 12.5. The van der Waals surface area contributed by atoms with Crippen LogP contribution in [0.1, 0.15) is 45.4 Å². The van der Waals surface area contributed by atoms with Crippen molar-refractivity contribution in [2.45, 2.75) is 51.0 Å². The largest absolute Gasteiger partial charge is 0.394 e.